The minimum absolute atomic E-state index is 0.217. The predicted octanol–water partition coefficient (Wildman–Crippen LogP) is 7.10. The molecule has 3 rings (SSSR count). The SMILES string of the molecule is Cc1ccc(N(c2ccccc2)c2ccc(C)c(C(F)(F)F)c2)cc1C. The summed E-state index contributed by atoms with van der Waals surface area (Å²) >= 11 is 0. The van der Waals surface area contributed by atoms with Gasteiger partial charge in [0.2, 0.25) is 0 Å². The van der Waals surface area contributed by atoms with Gasteiger partial charge in [0.25, 0.3) is 0 Å². The quantitative estimate of drug-likeness (QED) is 0.484. The fourth-order valence-corrected chi connectivity index (χ4v) is 2.94. The van der Waals surface area contributed by atoms with E-state index in [9.17, 15) is 13.2 Å². The Hall–Kier alpha value is -2.75. The summed E-state index contributed by atoms with van der Waals surface area (Å²) in [5.74, 6) is 0. The van der Waals surface area contributed by atoms with Crippen molar-refractivity contribution in [3.8, 4) is 0 Å². The highest BCUT2D eigenvalue weighted by atomic mass is 19.4. The molecule has 0 aliphatic carbocycles. The van der Waals surface area contributed by atoms with E-state index in [0.29, 0.717) is 5.69 Å². The first-order valence-electron chi connectivity index (χ1n) is 8.37. The van der Waals surface area contributed by atoms with E-state index in [1.165, 1.54) is 19.1 Å². The van der Waals surface area contributed by atoms with Gasteiger partial charge in [-0.25, -0.2) is 0 Å². The second-order valence-corrected chi connectivity index (χ2v) is 6.44. The molecular formula is C22H20F3N. The number of halogens is 3. The molecule has 0 amide bonds. The molecule has 0 heterocycles. The van der Waals surface area contributed by atoms with Gasteiger partial charge in [-0.1, -0.05) is 30.3 Å². The van der Waals surface area contributed by atoms with Crippen LogP contribution in [0.4, 0.5) is 30.2 Å². The number of nitrogens with zero attached hydrogens (tertiary/aromatic N) is 1. The van der Waals surface area contributed by atoms with Gasteiger partial charge in [0.1, 0.15) is 0 Å². The fraction of sp³-hybridized carbons (Fsp3) is 0.182. The number of anilines is 3. The summed E-state index contributed by atoms with van der Waals surface area (Å²) in [6.45, 7) is 5.49. The Morgan fingerprint density at radius 3 is 1.77 bits per heavy atom. The van der Waals surface area contributed by atoms with E-state index in [4.69, 9.17) is 0 Å². The van der Waals surface area contributed by atoms with E-state index in [0.717, 1.165) is 22.5 Å². The summed E-state index contributed by atoms with van der Waals surface area (Å²) in [6, 6.07) is 19.8. The molecule has 1 nitrogen and oxygen atoms in total. The summed E-state index contributed by atoms with van der Waals surface area (Å²) in [5.41, 5.74) is 3.96. The van der Waals surface area contributed by atoms with Crippen LogP contribution in [-0.2, 0) is 6.18 Å². The van der Waals surface area contributed by atoms with Crippen LogP contribution >= 0.6 is 0 Å². The Bertz CT molecular complexity index is 914. The van der Waals surface area contributed by atoms with Crippen LogP contribution in [0.15, 0.2) is 66.7 Å². The van der Waals surface area contributed by atoms with Crippen LogP contribution in [0.5, 0.6) is 0 Å². The van der Waals surface area contributed by atoms with Crippen molar-refractivity contribution in [2.45, 2.75) is 26.9 Å². The van der Waals surface area contributed by atoms with Crippen molar-refractivity contribution >= 4 is 17.1 Å². The van der Waals surface area contributed by atoms with Crippen molar-refractivity contribution in [2.75, 3.05) is 4.90 Å². The molecule has 26 heavy (non-hydrogen) atoms. The van der Waals surface area contributed by atoms with Crippen LogP contribution in [0.3, 0.4) is 0 Å². The normalized spacial score (nSPS) is 11.5. The molecular weight excluding hydrogens is 335 g/mol. The lowest BCUT2D eigenvalue weighted by atomic mass is 10.0. The molecule has 0 aromatic heterocycles. The lowest BCUT2D eigenvalue weighted by Gasteiger charge is -2.27. The molecule has 0 aliphatic rings. The molecule has 0 unspecified atom stereocenters. The first-order chi connectivity index (χ1) is 12.3. The van der Waals surface area contributed by atoms with Crippen molar-refractivity contribution in [3.63, 3.8) is 0 Å². The van der Waals surface area contributed by atoms with Crippen molar-refractivity contribution in [3.05, 3.63) is 89.0 Å². The van der Waals surface area contributed by atoms with Gasteiger partial charge in [-0.15, -0.1) is 0 Å². The highest BCUT2D eigenvalue weighted by molar-refractivity contribution is 5.77. The molecule has 3 aromatic rings. The number of aryl methyl sites for hydroxylation is 3. The molecule has 0 aliphatic heterocycles. The number of hydrogen-bond donors (Lipinski definition) is 0. The highest BCUT2D eigenvalue weighted by Gasteiger charge is 2.33. The molecule has 0 saturated carbocycles. The number of para-hydroxylation sites is 1. The molecule has 0 fully saturated rings. The van der Waals surface area contributed by atoms with Crippen LogP contribution in [0.1, 0.15) is 22.3 Å². The maximum absolute atomic E-state index is 13.4. The zero-order chi connectivity index (χ0) is 18.9. The topological polar surface area (TPSA) is 3.24 Å². The second-order valence-electron chi connectivity index (χ2n) is 6.44. The lowest BCUT2D eigenvalue weighted by Crippen LogP contribution is -2.13. The van der Waals surface area contributed by atoms with Crippen LogP contribution in [-0.4, -0.2) is 0 Å². The largest absolute Gasteiger partial charge is 0.416 e. The van der Waals surface area contributed by atoms with Gasteiger partial charge in [-0.05, 0) is 73.9 Å². The van der Waals surface area contributed by atoms with Gasteiger partial charge in [-0.2, -0.15) is 13.2 Å². The van der Waals surface area contributed by atoms with Crippen molar-refractivity contribution in [1.29, 1.82) is 0 Å². The third-order valence-electron chi connectivity index (χ3n) is 4.55. The zero-order valence-corrected chi connectivity index (χ0v) is 14.9. The third-order valence-corrected chi connectivity index (χ3v) is 4.55. The van der Waals surface area contributed by atoms with E-state index in [1.54, 1.807) is 6.07 Å². The van der Waals surface area contributed by atoms with Gasteiger partial charge in [0.15, 0.2) is 0 Å². The van der Waals surface area contributed by atoms with Crippen LogP contribution < -0.4 is 4.90 Å². The first-order valence-corrected chi connectivity index (χ1v) is 8.37. The summed E-state index contributed by atoms with van der Waals surface area (Å²) in [7, 11) is 0. The zero-order valence-electron chi connectivity index (χ0n) is 14.9. The predicted molar refractivity (Wildman–Crippen MR) is 100 cm³/mol. The molecule has 134 valence electrons. The van der Waals surface area contributed by atoms with Crippen LogP contribution in [0.2, 0.25) is 0 Å². The molecule has 0 saturated heterocycles. The second kappa shape index (κ2) is 6.87. The van der Waals surface area contributed by atoms with Gasteiger partial charge < -0.3 is 4.90 Å². The number of benzene rings is 3. The Morgan fingerprint density at radius 1 is 0.615 bits per heavy atom. The van der Waals surface area contributed by atoms with Crippen molar-refractivity contribution in [1.82, 2.24) is 0 Å². The smallest absolute Gasteiger partial charge is 0.310 e. The molecule has 4 heteroatoms. The monoisotopic (exact) mass is 355 g/mol. The van der Waals surface area contributed by atoms with Crippen molar-refractivity contribution < 1.29 is 13.2 Å². The van der Waals surface area contributed by atoms with E-state index in [2.05, 4.69) is 0 Å². The van der Waals surface area contributed by atoms with E-state index in [-0.39, 0.29) is 5.56 Å². The van der Waals surface area contributed by atoms with Gasteiger partial charge >= 0.3 is 6.18 Å². The highest BCUT2D eigenvalue weighted by Crippen LogP contribution is 2.39. The van der Waals surface area contributed by atoms with Crippen LogP contribution in [0, 0.1) is 20.8 Å². The molecule has 0 N–H and O–H groups in total. The van der Waals surface area contributed by atoms with E-state index in [1.807, 2.05) is 67.3 Å². The van der Waals surface area contributed by atoms with E-state index < -0.39 is 11.7 Å². The Labute approximate surface area is 151 Å². The molecule has 3 aromatic carbocycles. The summed E-state index contributed by atoms with van der Waals surface area (Å²) in [6.07, 6.45) is -4.38. The molecule has 0 atom stereocenters. The molecule has 0 radical (unpaired) electrons. The Kier molecular flexibility index (Phi) is 4.77. The number of alkyl halides is 3. The minimum Gasteiger partial charge on any atom is -0.310 e. The Morgan fingerprint density at radius 2 is 1.19 bits per heavy atom. The summed E-state index contributed by atoms with van der Waals surface area (Å²) in [4.78, 5) is 1.85. The number of rotatable bonds is 3. The fourth-order valence-electron chi connectivity index (χ4n) is 2.94. The van der Waals surface area contributed by atoms with Gasteiger partial charge in [0, 0.05) is 17.1 Å². The average molecular weight is 355 g/mol. The lowest BCUT2D eigenvalue weighted by molar-refractivity contribution is -0.138. The van der Waals surface area contributed by atoms with Crippen LogP contribution in [0.25, 0.3) is 0 Å². The minimum atomic E-state index is -4.38. The summed E-state index contributed by atoms with van der Waals surface area (Å²) < 4.78 is 40.2. The number of hydrogen-bond acceptors (Lipinski definition) is 1. The maximum atomic E-state index is 13.4. The standard InChI is InChI=1S/C22H20F3N/c1-15-9-11-19(13-17(15)3)26(18-7-5-4-6-8-18)20-12-10-16(2)21(14-20)22(23,24)25/h4-14H,1-3H3. The van der Waals surface area contributed by atoms with Gasteiger partial charge in [0.05, 0.1) is 5.56 Å². The first kappa shape index (κ1) is 18.1. The summed E-state index contributed by atoms with van der Waals surface area (Å²) in [5, 5.41) is 0. The van der Waals surface area contributed by atoms with Gasteiger partial charge in [-0.3, -0.25) is 0 Å². The average Bonchev–Trinajstić information content (AvgIpc) is 2.59. The molecule has 0 spiro atoms. The van der Waals surface area contributed by atoms with Crippen molar-refractivity contribution in [2.24, 2.45) is 0 Å². The molecule has 0 bridgehead atoms. The van der Waals surface area contributed by atoms with E-state index >= 15 is 0 Å². The maximum Gasteiger partial charge on any atom is 0.416 e. The third kappa shape index (κ3) is 3.59. The Balaban J connectivity index is 2.20.